The maximum atomic E-state index is 13.0. The Kier molecular flexibility index (Phi) is 4.78. The van der Waals surface area contributed by atoms with Gasteiger partial charge in [-0.3, -0.25) is 14.6 Å². The number of hydrogen-bond acceptors (Lipinski definition) is 4. The molecule has 1 aliphatic rings. The van der Waals surface area contributed by atoms with Gasteiger partial charge in [0.1, 0.15) is 6.04 Å². The van der Waals surface area contributed by atoms with Crippen LogP contribution in [0.3, 0.4) is 0 Å². The van der Waals surface area contributed by atoms with Crippen molar-refractivity contribution in [1.29, 1.82) is 0 Å². The molecule has 0 radical (unpaired) electrons. The van der Waals surface area contributed by atoms with Crippen LogP contribution in [0.25, 0.3) is 22.2 Å². The number of benzene rings is 1. The van der Waals surface area contributed by atoms with Crippen molar-refractivity contribution in [2.45, 2.75) is 25.3 Å². The maximum Gasteiger partial charge on any atom is 0.252 e. The van der Waals surface area contributed by atoms with Crippen LogP contribution in [-0.2, 0) is 4.79 Å². The van der Waals surface area contributed by atoms with Crippen LogP contribution in [0.5, 0.6) is 0 Å². The number of hydrogen-bond donors (Lipinski definition) is 2. The normalized spacial score (nSPS) is 17.2. The van der Waals surface area contributed by atoms with Gasteiger partial charge in [0.15, 0.2) is 0 Å². The van der Waals surface area contributed by atoms with Gasteiger partial charge in [0.05, 0.1) is 16.8 Å². The zero-order valence-electron chi connectivity index (χ0n) is 14.8. The van der Waals surface area contributed by atoms with Crippen LogP contribution in [0.2, 0.25) is 0 Å². The first-order chi connectivity index (χ1) is 13.2. The number of carbonyl (C=O) groups excluding carboxylic acids is 2. The Bertz CT molecular complexity index is 988. The smallest absolute Gasteiger partial charge is 0.252 e. The van der Waals surface area contributed by atoms with Gasteiger partial charge < -0.3 is 10.6 Å². The Morgan fingerprint density at radius 2 is 2.04 bits per heavy atom. The molecular weight excluding hydrogens is 340 g/mol. The van der Waals surface area contributed by atoms with Crippen molar-refractivity contribution in [2.75, 3.05) is 6.54 Å². The highest BCUT2D eigenvalue weighted by Crippen LogP contribution is 2.24. The molecule has 1 atom stereocenters. The number of nitrogens with zero attached hydrogens (tertiary/aromatic N) is 2. The van der Waals surface area contributed by atoms with E-state index in [1.165, 1.54) is 0 Å². The van der Waals surface area contributed by atoms with E-state index < -0.39 is 6.04 Å². The third-order valence-electron chi connectivity index (χ3n) is 4.76. The number of carbonyl (C=O) groups is 2. The van der Waals surface area contributed by atoms with Crippen molar-refractivity contribution in [3.8, 4) is 11.3 Å². The molecule has 1 fully saturated rings. The lowest BCUT2D eigenvalue weighted by Gasteiger charge is -2.16. The molecule has 1 aliphatic heterocycles. The average Bonchev–Trinajstić information content (AvgIpc) is 2.92. The number of rotatable bonds is 3. The van der Waals surface area contributed by atoms with Gasteiger partial charge in [-0.25, -0.2) is 4.98 Å². The van der Waals surface area contributed by atoms with Gasteiger partial charge >= 0.3 is 0 Å². The highest BCUT2D eigenvalue weighted by molar-refractivity contribution is 6.08. The topological polar surface area (TPSA) is 84.0 Å². The number of fused-ring (bicyclic) bond motifs is 1. The summed E-state index contributed by atoms with van der Waals surface area (Å²) in [6.07, 6.45) is 5.90. The lowest BCUT2D eigenvalue weighted by atomic mass is 10.0. The van der Waals surface area contributed by atoms with Crippen LogP contribution in [0.1, 0.15) is 29.6 Å². The first-order valence-corrected chi connectivity index (χ1v) is 9.11. The molecule has 3 aromatic rings. The summed E-state index contributed by atoms with van der Waals surface area (Å²) in [7, 11) is 0. The minimum absolute atomic E-state index is 0.119. The molecule has 0 aliphatic carbocycles. The number of pyridine rings is 2. The molecular formula is C21H20N4O2. The van der Waals surface area contributed by atoms with Crippen molar-refractivity contribution in [3.63, 3.8) is 0 Å². The second-order valence-electron chi connectivity index (χ2n) is 6.63. The first kappa shape index (κ1) is 17.1. The largest absolute Gasteiger partial charge is 0.354 e. The Morgan fingerprint density at radius 3 is 2.89 bits per heavy atom. The van der Waals surface area contributed by atoms with Crippen LogP contribution in [-0.4, -0.2) is 34.4 Å². The number of nitrogens with one attached hydrogen (secondary N) is 2. The van der Waals surface area contributed by atoms with Gasteiger partial charge in [0, 0.05) is 29.9 Å². The quantitative estimate of drug-likeness (QED) is 0.752. The molecule has 3 heterocycles. The van der Waals surface area contributed by atoms with Crippen molar-refractivity contribution in [1.82, 2.24) is 20.6 Å². The average molecular weight is 360 g/mol. The van der Waals surface area contributed by atoms with Crippen LogP contribution in [0, 0.1) is 0 Å². The van der Waals surface area contributed by atoms with Crippen molar-refractivity contribution < 1.29 is 9.59 Å². The summed E-state index contributed by atoms with van der Waals surface area (Å²) >= 11 is 0. The van der Waals surface area contributed by atoms with Gasteiger partial charge in [0.25, 0.3) is 5.91 Å². The zero-order valence-corrected chi connectivity index (χ0v) is 14.8. The van der Waals surface area contributed by atoms with E-state index in [4.69, 9.17) is 0 Å². The van der Waals surface area contributed by atoms with E-state index in [0.717, 1.165) is 29.3 Å². The molecule has 6 heteroatoms. The van der Waals surface area contributed by atoms with E-state index in [0.29, 0.717) is 24.2 Å². The van der Waals surface area contributed by atoms with Gasteiger partial charge in [-0.05, 0) is 43.5 Å². The second kappa shape index (κ2) is 7.53. The molecule has 136 valence electrons. The summed E-state index contributed by atoms with van der Waals surface area (Å²) in [4.78, 5) is 34.0. The molecule has 0 saturated carbocycles. The number of para-hydroxylation sites is 1. The fourth-order valence-electron chi connectivity index (χ4n) is 3.34. The summed E-state index contributed by atoms with van der Waals surface area (Å²) in [5, 5.41) is 6.51. The van der Waals surface area contributed by atoms with Crippen LogP contribution >= 0.6 is 0 Å². The third-order valence-corrected chi connectivity index (χ3v) is 4.76. The Labute approximate surface area is 157 Å². The predicted octanol–water partition coefficient (Wildman–Crippen LogP) is 2.70. The summed E-state index contributed by atoms with van der Waals surface area (Å²) in [6.45, 7) is 0.661. The van der Waals surface area contributed by atoms with E-state index in [-0.39, 0.29) is 11.8 Å². The van der Waals surface area contributed by atoms with E-state index in [1.807, 2.05) is 36.4 Å². The first-order valence-electron chi connectivity index (χ1n) is 9.11. The molecule has 2 amide bonds. The second-order valence-corrected chi connectivity index (χ2v) is 6.63. The van der Waals surface area contributed by atoms with Crippen LogP contribution in [0.4, 0.5) is 0 Å². The molecule has 0 bridgehead atoms. The lowest BCUT2D eigenvalue weighted by molar-refractivity contribution is -0.122. The van der Waals surface area contributed by atoms with Gasteiger partial charge in [-0.1, -0.05) is 18.2 Å². The molecule has 27 heavy (non-hydrogen) atoms. The maximum absolute atomic E-state index is 13.0. The van der Waals surface area contributed by atoms with Gasteiger partial charge in [-0.15, -0.1) is 0 Å². The molecule has 4 rings (SSSR count). The van der Waals surface area contributed by atoms with E-state index in [1.54, 1.807) is 18.5 Å². The van der Waals surface area contributed by atoms with Gasteiger partial charge in [0.2, 0.25) is 5.91 Å². The molecule has 2 aromatic heterocycles. The zero-order chi connectivity index (χ0) is 18.6. The molecule has 6 nitrogen and oxygen atoms in total. The molecule has 0 spiro atoms. The van der Waals surface area contributed by atoms with E-state index in [9.17, 15) is 9.59 Å². The van der Waals surface area contributed by atoms with Crippen molar-refractivity contribution in [3.05, 3.63) is 60.4 Å². The fraction of sp³-hybridized carbons (Fsp3) is 0.238. The highest BCUT2D eigenvalue weighted by Gasteiger charge is 2.24. The summed E-state index contributed by atoms with van der Waals surface area (Å²) in [5.41, 5.74) is 2.76. The van der Waals surface area contributed by atoms with E-state index in [2.05, 4.69) is 20.6 Å². The third kappa shape index (κ3) is 3.65. The number of amides is 2. The van der Waals surface area contributed by atoms with Crippen molar-refractivity contribution in [2.24, 2.45) is 0 Å². The van der Waals surface area contributed by atoms with Crippen molar-refractivity contribution >= 4 is 22.7 Å². The summed E-state index contributed by atoms with van der Waals surface area (Å²) < 4.78 is 0. The Morgan fingerprint density at radius 1 is 1.15 bits per heavy atom. The summed E-state index contributed by atoms with van der Waals surface area (Å²) in [5.74, 6) is -0.382. The Balaban J connectivity index is 1.73. The lowest BCUT2D eigenvalue weighted by Crippen LogP contribution is -2.45. The standard InChI is InChI=1S/C21H20N4O2/c26-20(25-18-9-3-4-11-23-21(18)27)16-12-19(14-6-5-10-22-13-14)24-17-8-2-1-7-15(16)17/h1-2,5-8,10,12-13,18H,3-4,9,11H2,(H,23,27)(H,25,26). The van der Waals surface area contributed by atoms with E-state index >= 15 is 0 Å². The number of aromatic nitrogens is 2. The van der Waals surface area contributed by atoms with Gasteiger partial charge in [-0.2, -0.15) is 0 Å². The SMILES string of the molecule is O=C(NC1CCCCNC1=O)c1cc(-c2cccnc2)nc2ccccc12. The minimum atomic E-state index is -0.506. The highest BCUT2D eigenvalue weighted by atomic mass is 16.2. The predicted molar refractivity (Wildman–Crippen MR) is 103 cm³/mol. The molecule has 1 saturated heterocycles. The molecule has 2 N–H and O–H groups in total. The minimum Gasteiger partial charge on any atom is -0.354 e. The van der Waals surface area contributed by atoms with Crippen LogP contribution in [0.15, 0.2) is 54.9 Å². The van der Waals surface area contributed by atoms with Crippen LogP contribution < -0.4 is 10.6 Å². The molecule has 1 aromatic carbocycles. The fourth-order valence-corrected chi connectivity index (χ4v) is 3.34. The molecule has 1 unspecified atom stereocenters. The monoisotopic (exact) mass is 360 g/mol. The Hall–Kier alpha value is -3.28. The summed E-state index contributed by atoms with van der Waals surface area (Å²) in [6, 6.07) is 12.5.